The van der Waals surface area contributed by atoms with Crippen molar-refractivity contribution >= 4 is 29.7 Å². The summed E-state index contributed by atoms with van der Waals surface area (Å²) in [6, 6.07) is 3.90. The topological polar surface area (TPSA) is 89.9 Å². The summed E-state index contributed by atoms with van der Waals surface area (Å²) in [6.45, 7) is 1.04. The number of aliphatic carboxylic acids is 1. The zero-order valence-electron chi connectivity index (χ0n) is 13.5. The highest BCUT2D eigenvalue weighted by Crippen LogP contribution is 2.24. The first-order valence-corrected chi connectivity index (χ1v) is 8.06. The second-order valence-electron chi connectivity index (χ2n) is 6.03. The number of hydrogen-bond acceptors (Lipinski definition) is 4. The quantitative estimate of drug-likeness (QED) is 0.640. The average Bonchev–Trinajstić information content (AvgIpc) is 2.84. The third-order valence-electron chi connectivity index (χ3n) is 4.26. The first-order chi connectivity index (χ1) is 12.0. The molecule has 0 unspecified atom stereocenters. The molecule has 2 aliphatic rings. The second kappa shape index (κ2) is 6.92. The minimum atomic E-state index is -1.30. The highest BCUT2D eigenvalue weighted by Gasteiger charge is 2.35. The fourth-order valence-electron chi connectivity index (χ4n) is 2.99. The molecule has 2 aliphatic heterocycles. The molecule has 132 valence electrons. The molecule has 0 aromatic heterocycles. The van der Waals surface area contributed by atoms with Gasteiger partial charge in [-0.05, 0) is 43.5 Å². The number of urea groups is 1. The Morgan fingerprint density at radius 3 is 2.60 bits per heavy atom. The maximum absolute atomic E-state index is 14.4. The molecule has 1 aromatic carbocycles. The van der Waals surface area contributed by atoms with Crippen molar-refractivity contribution < 1.29 is 23.9 Å². The van der Waals surface area contributed by atoms with Crippen LogP contribution in [0.15, 0.2) is 23.9 Å². The SMILES string of the molecule is O=C(O)CN1C(=O)N/C(=C/c2ccc(N3CCCCC3)cc2F)C1=O. The Labute approximate surface area is 143 Å². The van der Waals surface area contributed by atoms with Crippen molar-refractivity contribution in [3.8, 4) is 0 Å². The van der Waals surface area contributed by atoms with E-state index < -0.39 is 30.3 Å². The molecule has 3 rings (SSSR count). The van der Waals surface area contributed by atoms with E-state index >= 15 is 0 Å². The van der Waals surface area contributed by atoms with Gasteiger partial charge in [0.15, 0.2) is 0 Å². The molecule has 2 fully saturated rings. The normalized spacial score (nSPS) is 19.5. The molecule has 25 heavy (non-hydrogen) atoms. The van der Waals surface area contributed by atoms with Gasteiger partial charge in [0.25, 0.3) is 5.91 Å². The number of nitrogens with one attached hydrogen (secondary N) is 1. The maximum atomic E-state index is 14.4. The third-order valence-corrected chi connectivity index (χ3v) is 4.26. The van der Waals surface area contributed by atoms with Crippen LogP contribution < -0.4 is 10.2 Å². The lowest BCUT2D eigenvalue weighted by Gasteiger charge is -2.28. The minimum Gasteiger partial charge on any atom is -0.480 e. The van der Waals surface area contributed by atoms with Gasteiger partial charge in [0.05, 0.1) is 0 Å². The molecule has 3 amide bonds. The first kappa shape index (κ1) is 16.9. The van der Waals surface area contributed by atoms with Gasteiger partial charge in [-0.25, -0.2) is 14.1 Å². The molecular weight excluding hydrogens is 329 g/mol. The van der Waals surface area contributed by atoms with E-state index in [2.05, 4.69) is 10.2 Å². The first-order valence-electron chi connectivity index (χ1n) is 8.06. The van der Waals surface area contributed by atoms with E-state index in [-0.39, 0.29) is 11.3 Å². The Morgan fingerprint density at radius 2 is 1.96 bits per heavy atom. The zero-order valence-corrected chi connectivity index (χ0v) is 13.5. The van der Waals surface area contributed by atoms with Gasteiger partial charge in [-0.3, -0.25) is 9.59 Å². The summed E-state index contributed by atoms with van der Waals surface area (Å²) in [7, 11) is 0. The van der Waals surface area contributed by atoms with Crippen LogP contribution in [0, 0.1) is 5.82 Å². The zero-order chi connectivity index (χ0) is 18.0. The molecule has 1 aromatic rings. The number of carbonyl (C=O) groups is 3. The van der Waals surface area contributed by atoms with Crippen molar-refractivity contribution in [3.63, 3.8) is 0 Å². The fraction of sp³-hybridized carbons (Fsp3) is 0.353. The molecule has 0 radical (unpaired) electrons. The van der Waals surface area contributed by atoms with Crippen molar-refractivity contribution in [1.82, 2.24) is 10.2 Å². The van der Waals surface area contributed by atoms with Crippen LogP contribution >= 0.6 is 0 Å². The number of halogens is 1. The van der Waals surface area contributed by atoms with Crippen molar-refractivity contribution in [2.45, 2.75) is 19.3 Å². The number of anilines is 1. The Hall–Kier alpha value is -2.90. The van der Waals surface area contributed by atoms with Crippen LogP contribution in [0.4, 0.5) is 14.9 Å². The van der Waals surface area contributed by atoms with Crippen LogP contribution in [0.25, 0.3) is 6.08 Å². The molecular formula is C17H18FN3O4. The maximum Gasteiger partial charge on any atom is 0.329 e. The Kier molecular flexibility index (Phi) is 4.69. The average molecular weight is 347 g/mol. The Bertz CT molecular complexity index is 756. The van der Waals surface area contributed by atoms with Crippen molar-refractivity contribution in [2.75, 3.05) is 24.5 Å². The van der Waals surface area contributed by atoms with Gasteiger partial charge in [-0.1, -0.05) is 0 Å². The third kappa shape index (κ3) is 3.62. The van der Waals surface area contributed by atoms with Crippen molar-refractivity contribution in [2.24, 2.45) is 0 Å². The van der Waals surface area contributed by atoms with E-state index in [0.29, 0.717) is 4.90 Å². The summed E-state index contributed by atoms with van der Waals surface area (Å²) in [6.07, 6.45) is 4.55. The Morgan fingerprint density at radius 1 is 1.24 bits per heavy atom. The Balaban J connectivity index is 1.80. The smallest absolute Gasteiger partial charge is 0.329 e. The highest BCUT2D eigenvalue weighted by atomic mass is 19.1. The standard InChI is InChI=1S/C17H18FN3O4/c18-13-9-12(20-6-2-1-3-7-20)5-4-11(13)8-14-16(24)21(10-15(22)23)17(25)19-14/h4-5,8-9H,1-3,6-7,10H2,(H,19,25)(H,22,23)/b14-8+. The number of imide groups is 1. The van der Waals surface area contributed by atoms with Crippen LogP contribution in [0.1, 0.15) is 24.8 Å². The number of nitrogens with zero attached hydrogens (tertiary/aromatic N) is 2. The number of amides is 3. The van der Waals surface area contributed by atoms with E-state index in [9.17, 15) is 18.8 Å². The monoisotopic (exact) mass is 347 g/mol. The molecule has 2 saturated heterocycles. The van der Waals surface area contributed by atoms with E-state index in [1.165, 1.54) is 18.6 Å². The number of rotatable bonds is 4. The number of carbonyl (C=O) groups excluding carboxylic acids is 2. The summed E-state index contributed by atoms with van der Waals surface area (Å²) in [4.78, 5) is 37.1. The number of carboxylic acids is 1. The van der Waals surface area contributed by atoms with Gasteiger partial charge >= 0.3 is 12.0 Å². The molecule has 0 spiro atoms. The number of piperidine rings is 1. The van der Waals surface area contributed by atoms with Gasteiger partial charge in [-0.15, -0.1) is 0 Å². The number of hydrogen-bond donors (Lipinski definition) is 2. The van der Waals surface area contributed by atoms with Gasteiger partial charge in [0.1, 0.15) is 18.1 Å². The summed E-state index contributed by atoms with van der Waals surface area (Å²) >= 11 is 0. The molecule has 0 atom stereocenters. The van der Waals surface area contributed by atoms with Gasteiger partial charge in [0, 0.05) is 24.3 Å². The molecule has 0 saturated carbocycles. The lowest BCUT2D eigenvalue weighted by molar-refractivity contribution is -0.140. The van der Waals surface area contributed by atoms with Crippen molar-refractivity contribution in [3.05, 3.63) is 35.3 Å². The van der Waals surface area contributed by atoms with Crippen LogP contribution in [-0.2, 0) is 9.59 Å². The minimum absolute atomic E-state index is 0.143. The molecule has 0 aliphatic carbocycles. The summed E-state index contributed by atoms with van der Waals surface area (Å²) in [5.41, 5.74) is 0.797. The second-order valence-corrected chi connectivity index (χ2v) is 6.03. The van der Waals surface area contributed by atoms with Crippen LogP contribution in [-0.4, -0.2) is 47.5 Å². The number of carboxylic acid groups (broad SMARTS) is 1. The molecule has 2 N–H and O–H groups in total. The predicted molar refractivity (Wildman–Crippen MR) is 88.3 cm³/mol. The lowest BCUT2D eigenvalue weighted by atomic mass is 10.1. The largest absolute Gasteiger partial charge is 0.480 e. The molecule has 2 heterocycles. The van der Waals surface area contributed by atoms with Crippen molar-refractivity contribution in [1.29, 1.82) is 0 Å². The molecule has 0 bridgehead atoms. The van der Waals surface area contributed by atoms with Crippen LogP contribution in [0.3, 0.4) is 0 Å². The van der Waals surface area contributed by atoms with E-state index in [4.69, 9.17) is 5.11 Å². The molecule has 7 nitrogen and oxygen atoms in total. The summed E-state index contributed by atoms with van der Waals surface area (Å²) in [5.74, 6) is -2.59. The van der Waals surface area contributed by atoms with Crippen LogP contribution in [0.5, 0.6) is 0 Å². The predicted octanol–water partition coefficient (Wildman–Crippen LogP) is 1.79. The summed E-state index contributed by atoms with van der Waals surface area (Å²) in [5, 5.41) is 11.0. The highest BCUT2D eigenvalue weighted by molar-refractivity contribution is 6.15. The van der Waals surface area contributed by atoms with E-state index in [0.717, 1.165) is 31.6 Å². The lowest BCUT2D eigenvalue weighted by Crippen LogP contribution is -2.35. The number of benzene rings is 1. The summed E-state index contributed by atoms with van der Waals surface area (Å²) < 4.78 is 14.4. The van der Waals surface area contributed by atoms with E-state index in [1.54, 1.807) is 12.1 Å². The van der Waals surface area contributed by atoms with Gasteiger partial charge in [0.2, 0.25) is 0 Å². The van der Waals surface area contributed by atoms with E-state index in [1.807, 2.05) is 0 Å². The fourth-order valence-corrected chi connectivity index (χ4v) is 2.99. The molecule has 8 heteroatoms. The van der Waals surface area contributed by atoms with Gasteiger partial charge in [-0.2, -0.15) is 0 Å². The van der Waals surface area contributed by atoms with Crippen LogP contribution in [0.2, 0.25) is 0 Å². The van der Waals surface area contributed by atoms with Gasteiger partial charge < -0.3 is 15.3 Å².